The lowest BCUT2D eigenvalue weighted by Gasteiger charge is -2.12. The van der Waals surface area contributed by atoms with E-state index in [-0.39, 0.29) is 5.02 Å². The fraction of sp³-hybridized carbons (Fsp3) is 0.143. The minimum absolute atomic E-state index is 0.000727. The quantitative estimate of drug-likeness (QED) is 0.654. The molecule has 0 saturated carbocycles. The molecule has 0 fully saturated rings. The Bertz CT molecular complexity index is 658. The van der Waals surface area contributed by atoms with E-state index in [1.807, 2.05) is 0 Å². The smallest absolute Gasteiger partial charge is 0.380 e. The lowest BCUT2D eigenvalue weighted by atomic mass is 10.2. The Morgan fingerprint density at radius 1 is 1.10 bits per heavy atom. The predicted octanol–water partition coefficient (Wildman–Crippen LogP) is 5.87. The Hall–Kier alpha value is -1.27. The largest absolute Gasteiger partial charge is 0.416 e. The maximum Gasteiger partial charge on any atom is 0.416 e. The second kappa shape index (κ2) is 6.23. The predicted molar refractivity (Wildman–Crippen MR) is 77.9 cm³/mol. The maximum absolute atomic E-state index is 13.0. The van der Waals surface area contributed by atoms with Crippen LogP contribution in [0.5, 0.6) is 0 Å². The van der Waals surface area contributed by atoms with Gasteiger partial charge >= 0.3 is 6.18 Å². The standard InChI is InChI=1S/C14H9BrClF4N/c15-10-6-9(14(18,19)20)2-4-13(10)21-7-8-1-3-12(17)11(16)5-8/h1-6,21H,7H2. The molecule has 0 aromatic heterocycles. The number of rotatable bonds is 3. The van der Waals surface area contributed by atoms with Crippen LogP contribution in [0.2, 0.25) is 5.02 Å². The van der Waals surface area contributed by atoms with Crippen molar-refractivity contribution in [3.05, 3.63) is 62.8 Å². The summed E-state index contributed by atoms with van der Waals surface area (Å²) < 4.78 is 50.9. The summed E-state index contributed by atoms with van der Waals surface area (Å²) in [6.07, 6.45) is -4.38. The summed E-state index contributed by atoms with van der Waals surface area (Å²) in [5, 5.41) is 2.96. The molecule has 7 heteroatoms. The van der Waals surface area contributed by atoms with Gasteiger partial charge in [0.15, 0.2) is 0 Å². The van der Waals surface area contributed by atoms with Gasteiger partial charge in [0.2, 0.25) is 0 Å². The first-order chi connectivity index (χ1) is 9.77. The lowest BCUT2D eigenvalue weighted by Crippen LogP contribution is -2.06. The van der Waals surface area contributed by atoms with Gasteiger partial charge in [-0.05, 0) is 51.8 Å². The van der Waals surface area contributed by atoms with Crippen molar-refractivity contribution in [3.8, 4) is 0 Å². The first kappa shape index (κ1) is 16.1. The molecule has 0 saturated heterocycles. The van der Waals surface area contributed by atoms with Gasteiger partial charge in [-0.3, -0.25) is 0 Å². The highest BCUT2D eigenvalue weighted by Gasteiger charge is 2.30. The van der Waals surface area contributed by atoms with Gasteiger partial charge in [0.25, 0.3) is 0 Å². The zero-order valence-corrected chi connectivity index (χ0v) is 12.8. The SMILES string of the molecule is Fc1ccc(CNc2ccc(C(F)(F)F)cc2Br)cc1Cl. The third kappa shape index (κ3) is 4.11. The zero-order valence-electron chi connectivity index (χ0n) is 10.4. The molecule has 0 spiro atoms. The minimum atomic E-state index is -4.38. The summed E-state index contributed by atoms with van der Waals surface area (Å²) in [4.78, 5) is 0. The summed E-state index contributed by atoms with van der Waals surface area (Å²) >= 11 is 8.75. The van der Waals surface area contributed by atoms with Crippen LogP contribution in [-0.2, 0) is 12.7 Å². The fourth-order valence-corrected chi connectivity index (χ4v) is 2.40. The van der Waals surface area contributed by atoms with Gasteiger partial charge in [-0.25, -0.2) is 4.39 Å². The van der Waals surface area contributed by atoms with E-state index in [0.29, 0.717) is 22.3 Å². The highest BCUT2D eigenvalue weighted by atomic mass is 79.9. The van der Waals surface area contributed by atoms with Gasteiger partial charge in [-0.15, -0.1) is 0 Å². The number of hydrogen-bond acceptors (Lipinski definition) is 1. The van der Waals surface area contributed by atoms with E-state index >= 15 is 0 Å². The van der Waals surface area contributed by atoms with Gasteiger partial charge < -0.3 is 5.32 Å². The van der Waals surface area contributed by atoms with Crippen LogP contribution in [-0.4, -0.2) is 0 Å². The van der Waals surface area contributed by atoms with Crippen LogP contribution in [0.25, 0.3) is 0 Å². The Morgan fingerprint density at radius 2 is 1.81 bits per heavy atom. The molecule has 2 rings (SSSR count). The van der Waals surface area contributed by atoms with Gasteiger partial charge in [-0.1, -0.05) is 17.7 Å². The van der Waals surface area contributed by atoms with E-state index in [0.717, 1.165) is 12.1 Å². The number of halogens is 6. The Labute approximate surface area is 132 Å². The molecule has 0 bridgehead atoms. The molecule has 1 nitrogen and oxygen atoms in total. The van der Waals surface area contributed by atoms with Gasteiger partial charge in [0, 0.05) is 16.7 Å². The van der Waals surface area contributed by atoms with Crippen LogP contribution in [0.3, 0.4) is 0 Å². The Balaban J connectivity index is 2.11. The van der Waals surface area contributed by atoms with Gasteiger partial charge in [0.1, 0.15) is 5.82 Å². The van der Waals surface area contributed by atoms with Crippen molar-refractivity contribution in [1.29, 1.82) is 0 Å². The highest BCUT2D eigenvalue weighted by Crippen LogP contribution is 2.34. The molecule has 0 atom stereocenters. The van der Waals surface area contributed by atoms with E-state index in [4.69, 9.17) is 11.6 Å². The molecule has 0 aliphatic heterocycles. The molecule has 2 aromatic carbocycles. The van der Waals surface area contributed by atoms with Crippen molar-refractivity contribution < 1.29 is 17.6 Å². The molecular weight excluding hydrogens is 374 g/mol. The van der Waals surface area contributed by atoms with E-state index in [1.165, 1.54) is 18.2 Å². The van der Waals surface area contributed by atoms with Crippen molar-refractivity contribution in [3.63, 3.8) is 0 Å². The van der Waals surface area contributed by atoms with Gasteiger partial charge in [-0.2, -0.15) is 13.2 Å². The molecule has 0 aliphatic carbocycles. The molecule has 0 amide bonds. The second-order valence-corrected chi connectivity index (χ2v) is 5.56. The first-order valence-electron chi connectivity index (χ1n) is 5.82. The minimum Gasteiger partial charge on any atom is -0.380 e. The number of alkyl halides is 3. The highest BCUT2D eigenvalue weighted by molar-refractivity contribution is 9.10. The summed E-state index contributed by atoms with van der Waals surface area (Å²) in [5.41, 5.74) is 0.487. The lowest BCUT2D eigenvalue weighted by molar-refractivity contribution is -0.137. The van der Waals surface area contributed by atoms with Crippen LogP contribution < -0.4 is 5.32 Å². The Morgan fingerprint density at radius 3 is 2.38 bits per heavy atom. The molecule has 21 heavy (non-hydrogen) atoms. The monoisotopic (exact) mass is 381 g/mol. The van der Waals surface area contributed by atoms with Crippen LogP contribution in [0.15, 0.2) is 40.9 Å². The summed E-state index contributed by atoms with van der Waals surface area (Å²) in [6.45, 7) is 0.309. The number of anilines is 1. The maximum atomic E-state index is 13.0. The average molecular weight is 383 g/mol. The fourth-order valence-electron chi connectivity index (χ4n) is 1.68. The normalized spacial score (nSPS) is 11.5. The zero-order chi connectivity index (χ0) is 15.6. The molecule has 1 N–H and O–H groups in total. The average Bonchev–Trinajstić information content (AvgIpc) is 2.40. The van der Waals surface area contributed by atoms with Crippen LogP contribution in [0.4, 0.5) is 23.2 Å². The molecule has 2 aromatic rings. The van der Waals surface area contributed by atoms with Crippen LogP contribution >= 0.6 is 27.5 Å². The van der Waals surface area contributed by atoms with Crippen LogP contribution in [0.1, 0.15) is 11.1 Å². The molecule has 0 radical (unpaired) electrons. The van der Waals surface area contributed by atoms with Crippen molar-refractivity contribution in [2.45, 2.75) is 12.7 Å². The van der Waals surface area contributed by atoms with Crippen molar-refractivity contribution in [1.82, 2.24) is 0 Å². The molecule has 0 unspecified atom stereocenters. The van der Waals surface area contributed by atoms with E-state index in [1.54, 1.807) is 6.07 Å². The second-order valence-electron chi connectivity index (χ2n) is 4.29. The molecule has 112 valence electrons. The molecular formula is C14H9BrClF4N. The van der Waals surface area contributed by atoms with E-state index < -0.39 is 17.6 Å². The Kier molecular flexibility index (Phi) is 4.78. The van der Waals surface area contributed by atoms with Crippen molar-refractivity contribution >= 4 is 33.2 Å². The molecule has 0 aliphatic rings. The van der Waals surface area contributed by atoms with Crippen molar-refractivity contribution in [2.75, 3.05) is 5.32 Å². The van der Waals surface area contributed by atoms with E-state index in [9.17, 15) is 17.6 Å². The molecule has 0 heterocycles. The topological polar surface area (TPSA) is 12.0 Å². The summed E-state index contributed by atoms with van der Waals surface area (Å²) in [6, 6.07) is 7.57. The van der Waals surface area contributed by atoms with Gasteiger partial charge in [0.05, 0.1) is 10.6 Å². The van der Waals surface area contributed by atoms with Crippen molar-refractivity contribution in [2.24, 2.45) is 0 Å². The summed E-state index contributed by atoms with van der Waals surface area (Å²) in [7, 11) is 0. The number of benzene rings is 2. The van der Waals surface area contributed by atoms with E-state index in [2.05, 4.69) is 21.2 Å². The number of nitrogens with one attached hydrogen (secondary N) is 1. The number of hydrogen-bond donors (Lipinski definition) is 1. The summed E-state index contributed by atoms with van der Waals surface area (Å²) in [5.74, 6) is -0.517. The third-order valence-electron chi connectivity index (χ3n) is 2.76. The third-order valence-corrected chi connectivity index (χ3v) is 3.71. The first-order valence-corrected chi connectivity index (χ1v) is 6.99. The van der Waals surface area contributed by atoms with Crippen LogP contribution in [0, 0.1) is 5.82 Å².